The summed E-state index contributed by atoms with van der Waals surface area (Å²) in [6.07, 6.45) is 2.47. The number of hydrogen-bond donors (Lipinski definition) is 2. The highest BCUT2D eigenvalue weighted by Gasteiger charge is 2.44. The number of pyridine rings is 1. The highest BCUT2D eigenvalue weighted by molar-refractivity contribution is 7.91. The molecule has 0 spiro atoms. The van der Waals surface area contributed by atoms with Crippen molar-refractivity contribution in [2.75, 3.05) is 11.1 Å². The molecule has 2 atom stereocenters. The van der Waals surface area contributed by atoms with Crippen LogP contribution in [0.15, 0.2) is 82.7 Å². The third-order valence-corrected chi connectivity index (χ3v) is 6.64. The molecule has 1 aromatic heterocycles. The van der Waals surface area contributed by atoms with Crippen LogP contribution in [0.5, 0.6) is 0 Å². The van der Waals surface area contributed by atoms with Crippen molar-refractivity contribution in [3.05, 3.63) is 78.5 Å². The number of carbonyl (C=O) groups excluding carboxylic acids is 1. The van der Waals surface area contributed by atoms with Crippen molar-refractivity contribution in [1.29, 1.82) is 0 Å². The van der Waals surface area contributed by atoms with Gasteiger partial charge in [0.05, 0.1) is 9.79 Å². The second kappa shape index (κ2) is 7.09. The SMILES string of the molecule is Nc1ccc([C@H]2C[C@@H]2C(=O)Nc2ccc(S(=O)(=O)c3ccccc3)cc2)cn1. The molecule has 0 aliphatic heterocycles. The second-order valence-electron chi connectivity index (χ2n) is 6.80. The van der Waals surface area contributed by atoms with Crippen molar-refractivity contribution in [3.63, 3.8) is 0 Å². The van der Waals surface area contributed by atoms with E-state index in [4.69, 9.17) is 5.73 Å². The Morgan fingerprint density at radius 3 is 2.29 bits per heavy atom. The molecule has 1 fully saturated rings. The Bertz CT molecular complexity index is 1100. The molecule has 1 saturated carbocycles. The van der Waals surface area contributed by atoms with Crippen LogP contribution in [0.1, 0.15) is 17.9 Å². The van der Waals surface area contributed by atoms with Crippen molar-refractivity contribution in [2.24, 2.45) is 5.92 Å². The minimum Gasteiger partial charge on any atom is -0.384 e. The molecular formula is C21H19N3O3S. The average molecular weight is 393 g/mol. The van der Waals surface area contributed by atoms with E-state index in [9.17, 15) is 13.2 Å². The van der Waals surface area contributed by atoms with Crippen molar-refractivity contribution in [1.82, 2.24) is 4.98 Å². The van der Waals surface area contributed by atoms with Gasteiger partial charge in [0.2, 0.25) is 15.7 Å². The highest BCUT2D eigenvalue weighted by Crippen LogP contribution is 2.47. The molecule has 4 rings (SSSR count). The first-order valence-electron chi connectivity index (χ1n) is 8.87. The number of aromatic nitrogens is 1. The van der Waals surface area contributed by atoms with E-state index in [-0.39, 0.29) is 27.5 Å². The molecule has 142 valence electrons. The number of amides is 1. The molecule has 0 radical (unpaired) electrons. The molecule has 1 amide bonds. The molecule has 0 saturated heterocycles. The van der Waals surface area contributed by atoms with Gasteiger partial charge in [-0.1, -0.05) is 24.3 Å². The van der Waals surface area contributed by atoms with Gasteiger partial charge in [0, 0.05) is 17.8 Å². The molecule has 7 heteroatoms. The predicted octanol–water partition coefficient (Wildman–Crippen LogP) is 3.24. The van der Waals surface area contributed by atoms with Gasteiger partial charge < -0.3 is 11.1 Å². The van der Waals surface area contributed by atoms with Crippen LogP contribution >= 0.6 is 0 Å². The Kier molecular flexibility index (Phi) is 4.60. The van der Waals surface area contributed by atoms with Crippen LogP contribution in [0, 0.1) is 5.92 Å². The maximum Gasteiger partial charge on any atom is 0.228 e. The summed E-state index contributed by atoms with van der Waals surface area (Å²) in [5.74, 6) is 0.403. The smallest absolute Gasteiger partial charge is 0.228 e. The lowest BCUT2D eigenvalue weighted by Gasteiger charge is -2.08. The summed E-state index contributed by atoms with van der Waals surface area (Å²) in [5.41, 5.74) is 7.16. The van der Waals surface area contributed by atoms with Crippen molar-refractivity contribution >= 4 is 27.2 Å². The lowest BCUT2D eigenvalue weighted by atomic mass is 10.1. The predicted molar refractivity (Wildman–Crippen MR) is 106 cm³/mol. The van der Waals surface area contributed by atoms with E-state index in [0.29, 0.717) is 11.5 Å². The molecule has 0 unspecified atom stereocenters. The van der Waals surface area contributed by atoms with Crippen LogP contribution in [0.25, 0.3) is 0 Å². The summed E-state index contributed by atoms with van der Waals surface area (Å²) in [4.78, 5) is 16.9. The first kappa shape index (κ1) is 18.2. The van der Waals surface area contributed by atoms with Gasteiger partial charge in [0.1, 0.15) is 5.82 Å². The molecule has 1 heterocycles. The van der Waals surface area contributed by atoms with E-state index in [2.05, 4.69) is 10.3 Å². The Balaban J connectivity index is 1.43. The molecule has 6 nitrogen and oxygen atoms in total. The van der Waals surface area contributed by atoms with Crippen molar-refractivity contribution in [2.45, 2.75) is 22.1 Å². The number of benzene rings is 2. The summed E-state index contributed by atoms with van der Waals surface area (Å²) < 4.78 is 25.2. The summed E-state index contributed by atoms with van der Waals surface area (Å²) in [7, 11) is -3.57. The van der Waals surface area contributed by atoms with Crippen LogP contribution in [0.3, 0.4) is 0 Å². The molecule has 3 aromatic rings. The van der Waals surface area contributed by atoms with Gasteiger partial charge in [-0.25, -0.2) is 13.4 Å². The zero-order valence-corrected chi connectivity index (χ0v) is 15.8. The second-order valence-corrected chi connectivity index (χ2v) is 8.74. The molecule has 1 aliphatic carbocycles. The lowest BCUT2D eigenvalue weighted by molar-refractivity contribution is -0.117. The van der Waals surface area contributed by atoms with E-state index in [1.807, 2.05) is 6.07 Å². The minimum atomic E-state index is -3.57. The number of hydrogen-bond acceptors (Lipinski definition) is 5. The fourth-order valence-corrected chi connectivity index (χ4v) is 4.46. The molecular weight excluding hydrogens is 374 g/mol. The van der Waals surface area contributed by atoms with Gasteiger partial charge in [-0.3, -0.25) is 4.79 Å². The van der Waals surface area contributed by atoms with Crippen LogP contribution in [0.4, 0.5) is 11.5 Å². The number of carbonyl (C=O) groups is 1. The third-order valence-electron chi connectivity index (χ3n) is 4.85. The number of sulfone groups is 1. The number of nitrogens with one attached hydrogen (secondary N) is 1. The van der Waals surface area contributed by atoms with Gasteiger partial charge in [0.25, 0.3) is 0 Å². The summed E-state index contributed by atoms with van der Waals surface area (Å²) in [5, 5.41) is 2.85. The Morgan fingerprint density at radius 2 is 1.64 bits per heavy atom. The van der Waals surface area contributed by atoms with E-state index in [1.165, 1.54) is 12.1 Å². The zero-order chi connectivity index (χ0) is 19.7. The number of rotatable bonds is 5. The molecule has 1 aliphatic rings. The number of nitrogen functional groups attached to an aromatic ring is 1. The van der Waals surface area contributed by atoms with Gasteiger partial charge in [-0.05, 0) is 60.4 Å². The fourth-order valence-electron chi connectivity index (χ4n) is 3.18. The Labute approximate surface area is 163 Å². The fraction of sp³-hybridized carbons (Fsp3) is 0.143. The van der Waals surface area contributed by atoms with Crippen molar-refractivity contribution in [3.8, 4) is 0 Å². The topological polar surface area (TPSA) is 102 Å². The van der Waals surface area contributed by atoms with Crippen LogP contribution in [-0.2, 0) is 14.6 Å². The minimum absolute atomic E-state index is 0.0829. The number of anilines is 2. The Hall–Kier alpha value is -3.19. The van der Waals surface area contributed by atoms with Crippen molar-refractivity contribution < 1.29 is 13.2 Å². The molecule has 3 N–H and O–H groups in total. The number of nitrogens with zero attached hydrogens (tertiary/aromatic N) is 1. The lowest BCUT2D eigenvalue weighted by Crippen LogP contribution is -2.14. The van der Waals surface area contributed by atoms with Gasteiger partial charge in [0.15, 0.2) is 0 Å². The van der Waals surface area contributed by atoms with Gasteiger partial charge >= 0.3 is 0 Å². The maximum atomic E-state index is 12.6. The Morgan fingerprint density at radius 1 is 0.964 bits per heavy atom. The monoisotopic (exact) mass is 393 g/mol. The molecule has 2 aromatic carbocycles. The van der Waals surface area contributed by atoms with E-state index >= 15 is 0 Å². The number of nitrogens with two attached hydrogens (primary N) is 1. The van der Waals surface area contributed by atoms with Gasteiger partial charge in [-0.2, -0.15) is 0 Å². The summed E-state index contributed by atoms with van der Waals surface area (Å²) >= 11 is 0. The van der Waals surface area contributed by atoms with Crippen LogP contribution < -0.4 is 11.1 Å². The van der Waals surface area contributed by atoms with Crippen LogP contribution in [-0.4, -0.2) is 19.3 Å². The average Bonchev–Trinajstić information content (AvgIpc) is 3.51. The summed E-state index contributed by atoms with van der Waals surface area (Å²) in [6.45, 7) is 0. The first-order valence-corrected chi connectivity index (χ1v) is 10.4. The molecule has 0 bridgehead atoms. The quantitative estimate of drug-likeness (QED) is 0.693. The largest absolute Gasteiger partial charge is 0.384 e. The zero-order valence-electron chi connectivity index (χ0n) is 14.9. The standard InChI is InChI=1S/C21H19N3O3S/c22-20-11-6-14(13-23-20)18-12-19(18)21(25)24-15-7-9-17(10-8-15)28(26,27)16-4-2-1-3-5-16/h1-11,13,18-19H,12H2,(H2,22,23)(H,24,25)/t18-,19+/m1/s1. The van der Waals surface area contributed by atoms with E-state index < -0.39 is 9.84 Å². The van der Waals surface area contributed by atoms with E-state index in [1.54, 1.807) is 54.7 Å². The van der Waals surface area contributed by atoms with E-state index in [0.717, 1.165) is 12.0 Å². The summed E-state index contributed by atoms with van der Waals surface area (Å²) in [6, 6.07) is 18.1. The first-order chi connectivity index (χ1) is 13.4. The maximum absolute atomic E-state index is 12.6. The molecule has 28 heavy (non-hydrogen) atoms. The van der Waals surface area contributed by atoms with Crippen LogP contribution in [0.2, 0.25) is 0 Å². The highest BCUT2D eigenvalue weighted by atomic mass is 32.2. The van der Waals surface area contributed by atoms with Gasteiger partial charge in [-0.15, -0.1) is 0 Å². The third kappa shape index (κ3) is 3.61. The normalized spacial score (nSPS) is 18.4.